The molecule has 3 heterocycles. The van der Waals surface area contributed by atoms with E-state index in [9.17, 15) is 18.7 Å². The summed E-state index contributed by atoms with van der Waals surface area (Å²) < 4.78 is 35.1. The third-order valence-corrected chi connectivity index (χ3v) is 5.77. The van der Waals surface area contributed by atoms with Crippen LogP contribution in [0.15, 0.2) is 65.6 Å². The molecule has 7 nitrogen and oxygen atoms in total. The standard InChI is InChI=1S/C24H20F2N4O3/c25-15-3-1-14(2-4-15)22-23(30(13-28-22)16-5-6-17(31)11-16)20-7-8-21(33-20)24(32)29-19-9-10-27-12-18(19)26/h1-4,7-10,12-13,16-17,31H,5-6,11H2,(H,27,29,32)/t16-,17+/m1/s1. The third kappa shape index (κ3) is 4.14. The number of hydrogen-bond donors (Lipinski definition) is 2. The van der Waals surface area contributed by atoms with Gasteiger partial charge in [-0.05, 0) is 61.7 Å². The molecule has 4 aromatic rings. The quantitative estimate of drug-likeness (QED) is 0.455. The van der Waals surface area contributed by atoms with E-state index in [0.717, 1.165) is 12.6 Å². The number of imidazole rings is 1. The third-order valence-electron chi connectivity index (χ3n) is 5.77. The fourth-order valence-electron chi connectivity index (χ4n) is 4.14. The van der Waals surface area contributed by atoms with E-state index < -0.39 is 17.8 Å². The number of nitrogens with zero attached hydrogens (tertiary/aromatic N) is 3. The first-order valence-electron chi connectivity index (χ1n) is 10.5. The topological polar surface area (TPSA) is 93.2 Å². The van der Waals surface area contributed by atoms with Crippen LogP contribution in [-0.2, 0) is 0 Å². The summed E-state index contributed by atoms with van der Waals surface area (Å²) in [5, 5.41) is 12.5. The zero-order valence-electron chi connectivity index (χ0n) is 17.4. The second kappa shape index (κ2) is 8.59. The van der Waals surface area contributed by atoms with Gasteiger partial charge in [-0.1, -0.05) is 0 Å². The van der Waals surface area contributed by atoms with Crippen molar-refractivity contribution < 1.29 is 23.1 Å². The van der Waals surface area contributed by atoms with Crippen LogP contribution >= 0.6 is 0 Å². The number of aliphatic hydroxyl groups excluding tert-OH is 1. The van der Waals surface area contributed by atoms with E-state index in [-0.39, 0.29) is 23.3 Å². The van der Waals surface area contributed by atoms with Crippen LogP contribution in [0.3, 0.4) is 0 Å². The first-order valence-corrected chi connectivity index (χ1v) is 10.5. The van der Waals surface area contributed by atoms with Crippen molar-refractivity contribution in [3.05, 3.63) is 78.6 Å². The van der Waals surface area contributed by atoms with Gasteiger partial charge in [-0.2, -0.15) is 0 Å². The fourth-order valence-corrected chi connectivity index (χ4v) is 4.14. The fraction of sp³-hybridized carbons (Fsp3) is 0.208. The smallest absolute Gasteiger partial charge is 0.291 e. The molecule has 0 saturated heterocycles. The number of halogens is 2. The Hall–Kier alpha value is -3.85. The Labute approximate surface area is 187 Å². The van der Waals surface area contributed by atoms with Crippen LogP contribution in [0.4, 0.5) is 14.5 Å². The molecule has 5 rings (SSSR count). The number of anilines is 1. The highest BCUT2D eigenvalue weighted by atomic mass is 19.1. The van der Waals surface area contributed by atoms with Gasteiger partial charge >= 0.3 is 0 Å². The Morgan fingerprint density at radius 2 is 1.94 bits per heavy atom. The number of nitrogens with one attached hydrogen (secondary N) is 1. The highest BCUT2D eigenvalue weighted by Gasteiger charge is 2.29. The van der Waals surface area contributed by atoms with Gasteiger partial charge in [0.05, 0.1) is 30.0 Å². The molecule has 0 aliphatic heterocycles. The van der Waals surface area contributed by atoms with E-state index in [1.54, 1.807) is 24.5 Å². The Kier molecular flexibility index (Phi) is 5.47. The van der Waals surface area contributed by atoms with E-state index in [2.05, 4.69) is 15.3 Å². The summed E-state index contributed by atoms with van der Waals surface area (Å²) >= 11 is 0. The van der Waals surface area contributed by atoms with E-state index in [0.29, 0.717) is 35.6 Å². The number of amides is 1. The average Bonchev–Trinajstić information content (AvgIpc) is 3.54. The zero-order valence-corrected chi connectivity index (χ0v) is 17.4. The van der Waals surface area contributed by atoms with Crippen molar-refractivity contribution >= 4 is 11.6 Å². The molecule has 1 saturated carbocycles. The summed E-state index contributed by atoms with van der Waals surface area (Å²) in [6.07, 6.45) is 5.67. The van der Waals surface area contributed by atoms with Crippen LogP contribution in [0.1, 0.15) is 35.9 Å². The maximum atomic E-state index is 13.9. The highest BCUT2D eigenvalue weighted by molar-refractivity contribution is 6.02. The van der Waals surface area contributed by atoms with Gasteiger partial charge in [-0.15, -0.1) is 0 Å². The van der Waals surface area contributed by atoms with Crippen molar-refractivity contribution in [3.63, 3.8) is 0 Å². The summed E-state index contributed by atoms with van der Waals surface area (Å²) in [6.45, 7) is 0. The van der Waals surface area contributed by atoms with E-state index >= 15 is 0 Å². The lowest BCUT2D eigenvalue weighted by atomic mass is 10.1. The average molecular weight is 450 g/mol. The predicted octanol–water partition coefficient (Wildman–Crippen LogP) is 4.82. The van der Waals surface area contributed by atoms with Crippen LogP contribution in [0, 0.1) is 11.6 Å². The van der Waals surface area contributed by atoms with Crippen molar-refractivity contribution in [1.29, 1.82) is 0 Å². The van der Waals surface area contributed by atoms with Crippen molar-refractivity contribution in [2.24, 2.45) is 0 Å². The summed E-state index contributed by atoms with van der Waals surface area (Å²) in [5.74, 6) is -1.26. The molecule has 1 amide bonds. The number of hydrogen-bond acceptors (Lipinski definition) is 5. The molecule has 0 bridgehead atoms. The van der Waals surface area contributed by atoms with Gasteiger partial charge in [0.15, 0.2) is 17.3 Å². The first kappa shape index (κ1) is 21.0. The molecule has 2 atom stereocenters. The molecule has 33 heavy (non-hydrogen) atoms. The number of carbonyl (C=O) groups excluding carboxylic acids is 1. The van der Waals surface area contributed by atoms with E-state index in [4.69, 9.17) is 4.42 Å². The second-order valence-electron chi connectivity index (χ2n) is 7.95. The van der Waals surface area contributed by atoms with Crippen LogP contribution in [-0.4, -0.2) is 31.7 Å². The van der Waals surface area contributed by atoms with Gasteiger partial charge in [0.25, 0.3) is 5.91 Å². The van der Waals surface area contributed by atoms with Gasteiger partial charge in [-0.3, -0.25) is 9.78 Å². The number of pyridine rings is 1. The molecule has 0 spiro atoms. The van der Waals surface area contributed by atoms with Gasteiger partial charge < -0.3 is 19.4 Å². The molecule has 1 aromatic carbocycles. The molecule has 1 fully saturated rings. The van der Waals surface area contributed by atoms with Crippen LogP contribution in [0.5, 0.6) is 0 Å². The number of carbonyl (C=O) groups is 1. The van der Waals surface area contributed by atoms with E-state index in [1.165, 1.54) is 30.5 Å². The van der Waals surface area contributed by atoms with E-state index in [1.807, 2.05) is 4.57 Å². The van der Waals surface area contributed by atoms with Crippen molar-refractivity contribution in [1.82, 2.24) is 14.5 Å². The molecule has 1 aliphatic carbocycles. The monoisotopic (exact) mass is 450 g/mol. The summed E-state index contributed by atoms with van der Waals surface area (Å²) in [4.78, 5) is 20.8. The summed E-state index contributed by atoms with van der Waals surface area (Å²) in [7, 11) is 0. The molecule has 9 heteroatoms. The number of benzene rings is 1. The lowest BCUT2D eigenvalue weighted by molar-refractivity contribution is 0.0997. The van der Waals surface area contributed by atoms with Crippen molar-refractivity contribution in [3.8, 4) is 22.7 Å². The van der Waals surface area contributed by atoms with Crippen LogP contribution in [0.2, 0.25) is 0 Å². The number of aliphatic hydroxyl groups is 1. The maximum Gasteiger partial charge on any atom is 0.291 e. The minimum Gasteiger partial charge on any atom is -0.449 e. The number of aromatic nitrogens is 3. The Bertz CT molecular complexity index is 1300. The van der Waals surface area contributed by atoms with Gasteiger partial charge in [-0.25, -0.2) is 13.8 Å². The SMILES string of the molecule is O=C(Nc1ccncc1F)c1ccc(-c2c(-c3ccc(F)cc3)ncn2[C@@H]2CC[C@H](O)C2)o1. The Balaban J connectivity index is 1.52. The predicted molar refractivity (Wildman–Crippen MR) is 116 cm³/mol. The second-order valence-corrected chi connectivity index (χ2v) is 7.95. The van der Waals surface area contributed by atoms with Crippen LogP contribution in [0.25, 0.3) is 22.7 Å². The van der Waals surface area contributed by atoms with Gasteiger partial charge in [0.2, 0.25) is 0 Å². The molecule has 0 unspecified atom stereocenters. The number of furan rings is 1. The van der Waals surface area contributed by atoms with Crippen LogP contribution < -0.4 is 5.32 Å². The highest BCUT2D eigenvalue weighted by Crippen LogP contribution is 2.39. The summed E-state index contributed by atoms with van der Waals surface area (Å²) in [5.41, 5.74) is 1.86. The molecule has 2 N–H and O–H groups in total. The molecular formula is C24H20F2N4O3. The first-order chi connectivity index (χ1) is 16.0. The largest absolute Gasteiger partial charge is 0.449 e. The Morgan fingerprint density at radius 1 is 1.12 bits per heavy atom. The lowest BCUT2D eigenvalue weighted by Crippen LogP contribution is -2.12. The molecule has 168 valence electrons. The zero-order chi connectivity index (χ0) is 22.9. The minimum atomic E-state index is -0.658. The minimum absolute atomic E-state index is 0.00462. The normalized spacial score (nSPS) is 17.9. The van der Waals surface area contributed by atoms with Crippen molar-refractivity contribution in [2.45, 2.75) is 31.4 Å². The summed E-state index contributed by atoms with van der Waals surface area (Å²) in [6, 6.07) is 10.4. The molecule has 3 aromatic heterocycles. The van der Waals surface area contributed by atoms with Crippen molar-refractivity contribution in [2.75, 3.05) is 5.32 Å². The van der Waals surface area contributed by atoms with Gasteiger partial charge in [0.1, 0.15) is 11.5 Å². The lowest BCUT2D eigenvalue weighted by Gasteiger charge is -2.15. The molecule has 1 aliphatic rings. The maximum absolute atomic E-state index is 13.9. The molecule has 0 radical (unpaired) electrons. The van der Waals surface area contributed by atoms with Gasteiger partial charge in [0, 0.05) is 17.8 Å². The number of rotatable bonds is 5. The Morgan fingerprint density at radius 3 is 2.67 bits per heavy atom. The molecular weight excluding hydrogens is 430 g/mol.